The molecule has 7 nitrogen and oxygen atoms in total. The monoisotopic (exact) mass is 961 g/mol. The van der Waals surface area contributed by atoms with Crippen molar-refractivity contribution in [2.45, 2.75) is 236 Å². The first-order valence-corrected chi connectivity index (χ1v) is 29.5. The second kappa shape index (κ2) is 18.7. The first kappa shape index (κ1) is 50.6. The molecule has 64 heavy (non-hydrogen) atoms. The highest BCUT2D eigenvalue weighted by molar-refractivity contribution is 5.16. The minimum Gasteiger partial charge on any atom is -0.372 e. The Morgan fingerprint density at radius 1 is 0.516 bits per heavy atom. The van der Waals surface area contributed by atoms with Gasteiger partial charge in [0, 0.05) is 17.3 Å². The summed E-state index contributed by atoms with van der Waals surface area (Å²) in [6, 6.07) is 0. The smallest absolute Gasteiger partial charge is 0.372 e. The summed E-state index contributed by atoms with van der Waals surface area (Å²) in [5.74, 6) is 5.32. The topological polar surface area (TPSA) is 114 Å². The third kappa shape index (κ3) is 8.14. The summed E-state index contributed by atoms with van der Waals surface area (Å²) in [6.07, 6.45) is 21.7. The lowest BCUT2D eigenvalue weighted by Gasteiger charge is -2.66. The van der Waals surface area contributed by atoms with Crippen molar-refractivity contribution in [2.24, 2.45) is 116 Å². The van der Waals surface area contributed by atoms with Crippen molar-refractivity contribution in [3.63, 3.8) is 0 Å². The van der Waals surface area contributed by atoms with Crippen molar-refractivity contribution in [1.82, 2.24) is 0 Å². The Morgan fingerprint density at radius 2 is 0.984 bits per heavy atom. The number of fused-ring (bicyclic) bond motifs is 10. The van der Waals surface area contributed by atoms with Gasteiger partial charge in [0.25, 0.3) is 0 Å². The summed E-state index contributed by atoms with van der Waals surface area (Å²) in [5, 5.41) is 26.9. The van der Waals surface area contributed by atoms with Crippen LogP contribution in [0.4, 0.5) is 0 Å². The molecule has 8 saturated carbocycles. The van der Waals surface area contributed by atoms with Crippen molar-refractivity contribution in [2.75, 3.05) is 0 Å². The molecule has 0 amide bonds. The predicted octanol–water partition coefficient (Wildman–Crippen LogP) is 12.1. The Bertz CT molecular complexity index is 1590. The lowest BCUT2D eigenvalue weighted by Crippen LogP contribution is -2.71. The van der Waals surface area contributed by atoms with Crippen LogP contribution in [0.5, 0.6) is 0 Å². The summed E-state index contributed by atoms with van der Waals surface area (Å²) in [4.78, 5) is 13.5. The molecule has 0 radical (unpaired) electrons. The van der Waals surface area contributed by atoms with Gasteiger partial charge in [-0.05, 0) is 212 Å². The first-order chi connectivity index (χ1) is 30.1. The van der Waals surface area contributed by atoms with Gasteiger partial charge in [-0.25, -0.2) is 0 Å². The number of halogens is 1. The minimum atomic E-state index is -3.68. The lowest BCUT2D eigenvalue weighted by molar-refractivity contribution is -1.63. The van der Waals surface area contributed by atoms with E-state index in [1.807, 2.05) is 0 Å². The number of hydrogen-bond donors (Lipinski definition) is 2. The molecule has 8 rings (SSSR count). The second-order valence-corrected chi connectivity index (χ2v) is 27.9. The molecule has 0 aromatic carbocycles. The molecule has 8 fully saturated rings. The van der Waals surface area contributed by atoms with Gasteiger partial charge < -0.3 is 18.6 Å². The van der Waals surface area contributed by atoms with Crippen molar-refractivity contribution in [3.05, 3.63) is 0 Å². The van der Waals surface area contributed by atoms with Crippen molar-refractivity contribution in [3.8, 4) is 0 Å². The molecule has 0 aromatic heterocycles. The van der Waals surface area contributed by atoms with E-state index in [9.17, 15) is 18.6 Å². The molecule has 21 atom stereocenters. The third-order valence-electron chi connectivity index (χ3n) is 24.1. The number of hydrogen-bond acceptors (Lipinski definition) is 7. The van der Waals surface area contributed by atoms with Crippen LogP contribution in [-0.4, -0.2) is 27.9 Å². The van der Waals surface area contributed by atoms with E-state index in [1.54, 1.807) is 0 Å². The van der Waals surface area contributed by atoms with Crippen LogP contribution in [0.25, 0.3) is 0 Å². The van der Waals surface area contributed by atoms with Crippen LogP contribution in [0, 0.1) is 131 Å². The highest BCUT2D eigenvalue weighted by Crippen LogP contribution is 2.73. The van der Waals surface area contributed by atoms with E-state index < -0.39 is 43.3 Å². The molecule has 0 saturated heterocycles. The van der Waals surface area contributed by atoms with Gasteiger partial charge in [-0.15, -0.1) is 0 Å². The molecule has 0 bridgehead atoms. The van der Waals surface area contributed by atoms with Gasteiger partial charge >= 0.3 is 14.8 Å². The average molecular weight is 962 g/mol. The van der Waals surface area contributed by atoms with E-state index in [0.717, 1.165) is 87.4 Å². The molecule has 370 valence electrons. The second-order valence-electron chi connectivity index (χ2n) is 26.8. The van der Waals surface area contributed by atoms with Crippen molar-refractivity contribution < 1.29 is 47.0 Å². The van der Waals surface area contributed by atoms with Crippen LogP contribution < -0.4 is 8.40 Å². The maximum Gasteiger partial charge on any atom is 0.436 e. The molecular formula is C56H97BrO7. The zero-order chi connectivity index (χ0) is 46.4. The Morgan fingerprint density at radius 3 is 1.47 bits per heavy atom. The van der Waals surface area contributed by atoms with Gasteiger partial charge in [-0.2, -0.15) is 9.78 Å². The van der Waals surface area contributed by atoms with Crippen molar-refractivity contribution >= 4 is 0 Å². The molecule has 8 aliphatic rings. The van der Waals surface area contributed by atoms with E-state index in [4.69, 9.17) is 13.6 Å². The van der Waals surface area contributed by atoms with Crippen LogP contribution >= 0.6 is 0 Å². The molecule has 3 unspecified atom stereocenters. The van der Waals surface area contributed by atoms with Gasteiger partial charge in [0.2, 0.25) is 17.7 Å². The fraction of sp³-hybridized carbons (Fsp3) is 1.00. The van der Waals surface area contributed by atoms with Gasteiger partial charge in [-0.1, -0.05) is 109 Å². The SMILES string of the molecule is CC(C)[C@@H](C)CC[C@@H](C)[C@H]1CC[C@H]2[C@H]3CC[C@H]4CCCC(O)(OOC5(O)C(O[Br+2]([O-])[O-])CC[C@H]6CC[C@@H]7[C@@H]8CC[C@H]([C@H](C)CC[C@H](C)C(C)C)[C@@]8(C)CC[C@@H]7[C@]65C)[C@]4(C)[C@H]3CC[C@]12C. The van der Waals surface area contributed by atoms with E-state index in [-0.39, 0.29) is 17.3 Å². The van der Waals surface area contributed by atoms with E-state index in [0.29, 0.717) is 71.5 Å². The Balaban J connectivity index is 1.04. The normalized spacial score (nSPS) is 49.6. The maximum atomic E-state index is 13.5. The Kier molecular flexibility index (Phi) is 14.8. The minimum absolute atomic E-state index is 0.152. The van der Waals surface area contributed by atoms with E-state index >= 15 is 0 Å². The van der Waals surface area contributed by atoms with Gasteiger partial charge in [0.15, 0.2) is 0 Å². The number of aliphatic hydroxyl groups is 2. The van der Waals surface area contributed by atoms with Crippen LogP contribution in [0.2, 0.25) is 0 Å². The summed E-state index contributed by atoms with van der Waals surface area (Å²) < 4.78 is 30.9. The molecule has 8 aliphatic carbocycles. The predicted molar refractivity (Wildman–Crippen MR) is 248 cm³/mol. The summed E-state index contributed by atoms with van der Waals surface area (Å²) in [5.41, 5.74) is -0.731. The molecule has 2 N–H and O–H groups in total. The van der Waals surface area contributed by atoms with Crippen molar-refractivity contribution in [1.29, 1.82) is 0 Å². The number of rotatable bonds is 15. The Labute approximate surface area is 397 Å². The molecule has 0 spiro atoms. The lowest BCUT2D eigenvalue weighted by atomic mass is 9.42. The maximum absolute atomic E-state index is 13.5. The van der Waals surface area contributed by atoms with Crippen LogP contribution in [-0.2, 0) is 13.6 Å². The van der Waals surface area contributed by atoms with Gasteiger partial charge in [0.1, 0.15) is 0 Å². The largest absolute Gasteiger partial charge is 0.436 e. The molecule has 0 aromatic rings. The summed E-state index contributed by atoms with van der Waals surface area (Å²) in [6.45, 7) is 29.1. The quantitative estimate of drug-likeness (QED) is 0.0954. The van der Waals surface area contributed by atoms with E-state index in [1.165, 1.54) is 64.2 Å². The zero-order valence-electron chi connectivity index (χ0n) is 43.0. The average Bonchev–Trinajstić information content (AvgIpc) is 3.79. The molecule has 8 heteroatoms. The molecular weight excluding hydrogens is 865 g/mol. The summed E-state index contributed by atoms with van der Waals surface area (Å²) in [7, 11) is 0. The highest BCUT2D eigenvalue weighted by Gasteiger charge is 2.73. The fourth-order valence-corrected chi connectivity index (χ4v) is 20.1. The van der Waals surface area contributed by atoms with Crippen LogP contribution in [0.15, 0.2) is 0 Å². The zero-order valence-corrected chi connectivity index (χ0v) is 44.6. The summed E-state index contributed by atoms with van der Waals surface area (Å²) >= 11 is -3.68. The van der Waals surface area contributed by atoms with E-state index in [2.05, 4.69) is 83.1 Å². The van der Waals surface area contributed by atoms with Crippen LogP contribution in [0.1, 0.15) is 218 Å². The van der Waals surface area contributed by atoms with Crippen LogP contribution in [0.3, 0.4) is 0 Å². The third-order valence-corrected chi connectivity index (χ3v) is 24.9. The highest BCUT2D eigenvalue weighted by atomic mass is 80.0. The standard InChI is InChI=1S/C56H97BrO7/c1-34(2)36(5)15-17-38(7)44-24-26-46-42-22-19-40-14-13-31-55(58,53(40,11)48(42)29-32-51(44,46)9)63-64-56(59)50(62-57(60)61)28-21-41-20-23-43-47-27-25-45(39(8)18-16-37(6)35(3)4)52(47,10)33-30-49(43)54(41,56)12/h34-50,58-59H,13-33H2,1-12H3/t36-,37-,38+,39+,40+,41+,42+,43+,44+,45+,46-,47-,48-,49-,50?,51+,52+,53-,54-,55?,56?/m0/s1. The van der Waals surface area contributed by atoms with Gasteiger partial charge in [0.05, 0.1) is 0 Å². The van der Waals surface area contributed by atoms with Gasteiger partial charge in [-0.3, -0.25) is 0 Å². The Hall–Kier alpha value is 0.200. The first-order valence-electron chi connectivity index (χ1n) is 27.6. The fourth-order valence-electron chi connectivity index (χ4n) is 19.3. The molecule has 0 aliphatic heterocycles. The molecule has 0 heterocycles.